The van der Waals surface area contributed by atoms with E-state index in [1.165, 1.54) is 0 Å². The molecule has 0 bridgehead atoms. The SMILES string of the molecule is CC(C)NO[Si](C)(C)C. The summed E-state index contributed by atoms with van der Waals surface area (Å²) in [5, 5.41) is 0. The molecule has 0 atom stereocenters. The maximum Gasteiger partial charge on any atom is 0.211 e. The van der Waals surface area contributed by atoms with Crippen molar-refractivity contribution < 1.29 is 4.53 Å². The summed E-state index contributed by atoms with van der Waals surface area (Å²) < 4.78 is 5.38. The lowest BCUT2D eigenvalue weighted by Gasteiger charge is -2.19. The maximum absolute atomic E-state index is 5.38. The third kappa shape index (κ3) is 8.14. The second-order valence-electron chi connectivity index (χ2n) is 3.49. The van der Waals surface area contributed by atoms with E-state index in [0.717, 1.165) is 0 Å². The molecule has 0 aromatic rings. The molecule has 0 saturated heterocycles. The minimum absolute atomic E-state index is 0.428. The molecule has 0 aliphatic carbocycles. The van der Waals surface area contributed by atoms with Crippen LogP contribution in [0.1, 0.15) is 13.8 Å². The Balaban J connectivity index is 3.28. The second-order valence-corrected chi connectivity index (χ2v) is 7.92. The minimum atomic E-state index is -1.33. The molecule has 0 heterocycles. The first-order valence-electron chi connectivity index (χ1n) is 3.35. The molecule has 0 aliphatic rings. The smallest absolute Gasteiger partial charge is 0.211 e. The molecule has 56 valence electrons. The second kappa shape index (κ2) is 3.34. The molecular formula is C6H17NOSi. The van der Waals surface area contributed by atoms with Crippen molar-refractivity contribution in [2.75, 3.05) is 0 Å². The van der Waals surface area contributed by atoms with Gasteiger partial charge in [0.25, 0.3) is 0 Å². The quantitative estimate of drug-likeness (QED) is 0.485. The molecule has 0 unspecified atom stereocenters. The highest BCUT2D eigenvalue weighted by atomic mass is 28.4. The Morgan fingerprint density at radius 2 is 1.67 bits per heavy atom. The molecule has 3 heteroatoms. The van der Waals surface area contributed by atoms with Crippen LogP contribution >= 0.6 is 0 Å². The van der Waals surface area contributed by atoms with E-state index in [2.05, 4.69) is 39.0 Å². The van der Waals surface area contributed by atoms with E-state index in [1.54, 1.807) is 0 Å². The number of hydrogen-bond acceptors (Lipinski definition) is 2. The average Bonchev–Trinajstić information content (AvgIpc) is 1.59. The summed E-state index contributed by atoms with van der Waals surface area (Å²) in [6.45, 7) is 10.6. The molecule has 9 heavy (non-hydrogen) atoms. The van der Waals surface area contributed by atoms with Gasteiger partial charge in [-0.15, -0.1) is 0 Å². The van der Waals surface area contributed by atoms with Gasteiger partial charge in [0.15, 0.2) is 0 Å². The van der Waals surface area contributed by atoms with Crippen molar-refractivity contribution >= 4 is 8.32 Å². The summed E-state index contributed by atoms with van der Waals surface area (Å²) in [5.74, 6) is 0. The van der Waals surface area contributed by atoms with Crippen LogP contribution in [0.5, 0.6) is 0 Å². The Morgan fingerprint density at radius 1 is 1.22 bits per heavy atom. The van der Waals surface area contributed by atoms with Gasteiger partial charge in [-0.05, 0) is 33.5 Å². The van der Waals surface area contributed by atoms with Gasteiger partial charge in [-0.3, -0.25) is 0 Å². The Hall–Kier alpha value is 0.137. The Kier molecular flexibility index (Phi) is 3.39. The molecule has 0 amide bonds. The number of nitrogens with one attached hydrogen (secondary N) is 1. The van der Waals surface area contributed by atoms with Gasteiger partial charge < -0.3 is 4.53 Å². The zero-order valence-electron chi connectivity index (χ0n) is 6.99. The Morgan fingerprint density at radius 3 is 1.78 bits per heavy atom. The van der Waals surface area contributed by atoms with Crippen LogP contribution in [0.15, 0.2) is 0 Å². The lowest BCUT2D eigenvalue weighted by atomic mass is 10.4. The first-order chi connectivity index (χ1) is 3.92. The fraction of sp³-hybridized carbons (Fsp3) is 1.00. The number of hydroxylamine groups is 1. The molecule has 0 saturated carbocycles. The third-order valence-electron chi connectivity index (χ3n) is 0.601. The van der Waals surface area contributed by atoms with Gasteiger partial charge in [-0.1, -0.05) is 0 Å². The fourth-order valence-corrected chi connectivity index (χ4v) is 0.884. The van der Waals surface area contributed by atoms with Gasteiger partial charge in [0.1, 0.15) is 0 Å². The number of hydrogen-bond donors (Lipinski definition) is 1. The van der Waals surface area contributed by atoms with Crippen LogP contribution in [0.4, 0.5) is 0 Å². The predicted octanol–water partition coefficient (Wildman–Crippen LogP) is 1.75. The van der Waals surface area contributed by atoms with Gasteiger partial charge in [0.05, 0.1) is 0 Å². The lowest BCUT2D eigenvalue weighted by molar-refractivity contribution is 0.160. The molecule has 0 aliphatic heterocycles. The lowest BCUT2D eigenvalue weighted by Crippen LogP contribution is -2.37. The van der Waals surface area contributed by atoms with Gasteiger partial charge in [-0.2, -0.15) is 0 Å². The van der Waals surface area contributed by atoms with Crippen LogP contribution in [-0.4, -0.2) is 14.4 Å². The van der Waals surface area contributed by atoms with E-state index in [9.17, 15) is 0 Å². The van der Waals surface area contributed by atoms with Crippen molar-refractivity contribution in [3.05, 3.63) is 0 Å². The first kappa shape index (κ1) is 9.14. The first-order valence-corrected chi connectivity index (χ1v) is 6.76. The summed E-state index contributed by atoms with van der Waals surface area (Å²) >= 11 is 0. The maximum atomic E-state index is 5.38. The van der Waals surface area contributed by atoms with Crippen LogP contribution in [0.25, 0.3) is 0 Å². The van der Waals surface area contributed by atoms with Gasteiger partial charge in [0.2, 0.25) is 8.32 Å². The molecular weight excluding hydrogens is 130 g/mol. The summed E-state index contributed by atoms with van der Waals surface area (Å²) in [4.78, 5) is 0. The molecule has 0 aromatic heterocycles. The highest BCUT2D eigenvalue weighted by Gasteiger charge is 2.14. The van der Waals surface area contributed by atoms with E-state index < -0.39 is 8.32 Å². The van der Waals surface area contributed by atoms with Crippen molar-refractivity contribution in [1.29, 1.82) is 0 Å². The van der Waals surface area contributed by atoms with Crippen LogP contribution in [0, 0.1) is 0 Å². The van der Waals surface area contributed by atoms with Gasteiger partial charge in [-0.25, -0.2) is 5.48 Å². The van der Waals surface area contributed by atoms with Crippen LogP contribution in [0.2, 0.25) is 19.6 Å². The van der Waals surface area contributed by atoms with Crippen LogP contribution in [-0.2, 0) is 4.53 Å². The Bertz CT molecular complexity index is 77.6. The molecule has 0 spiro atoms. The fourth-order valence-electron chi connectivity index (χ4n) is 0.295. The number of rotatable bonds is 3. The molecule has 0 aromatic carbocycles. The predicted molar refractivity (Wildman–Crippen MR) is 42.7 cm³/mol. The van der Waals surface area contributed by atoms with E-state index in [0.29, 0.717) is 6.04 Å². The largest absolute Gasteiger partial charge is 0.346 e. The highest BCUT2D eigenvalue weighted by molar-refractivity contribution is 6.69. The summed E-state index contributed by atoms with van der Waals surface area (Å²) in [7, 11) is -1.33. The molecule has 0 rings (SSSR count). The average molecular weight is 147 g/mol. The molecule has 1 N–H and O–H groups in total. The van der Waals surface area contributed by atoms with Gasteiger partial charge >= 0.3 is 0 Å². The van der Waals surface area contributed by atoms with Crippen LogP contribution in [0.3, 0.4) is 0 Å². The Labute approximate surface area is 58.7 Å². The molecule has 2 nitrogen and oxygen atoms in total. The highest BCUT2D eigenvalue weighted by Crippen LogP contribution is 1.99. The van der Waals surface area contributed by atoms with Crippen molar-refractivity contribution in [1.82, 2.24) is 5.48 Å². The normalized spacial score (nSPS) is 12.7. The van der Waals surface area contributed by atoms with Crippen molar-refractivity contribution in [3.8, 4) is 0 Å². The minimum Gasteiger partial charge on any atom is -0.346 e. The zero-order chi connectivity index (χ0) is 7.49. The van der Waals surface area contributed by atoms with E-state index in [1.807, 2.05) is 0 Å². The van der Waals surface area contributed by atoms with Crippen molar-refractivity contribution in [2.45, 2.75) is 39.5 Å². The third-order valence-corrected chi connectivity index (χ3v) is 1.33. The van der Waals surface area contributed by atoms with E-state index >= 15 is 0 Å². The standard InChI is InChI=1S/C6H17NOSi/c1-6(2)7-8-9(3,4)5/h6-7H,1-5H3. The van der Waals surface area contributed by atoms with Gasteiger partial charge in [0, 0.05) is 6.04 Å². The van der Waals surface area contributed by atoms with E-state index in [4.69, 9.17) is 4.53 Å². The summed E-state index contributed by atoms with van der Waals surface area (Å²) in [6.07, 6.45) is 0. The summed E-state index contributed by atoms with van der Waals surface area (Å²) in [5.41, 5.74) is 2.95. The van der Waals surface area contributed by atoms with Crippen molar-refractivity contribution in [3.63, 3.8) is 0 Å². The van der Waals surface area contributed by atoms with Crippen LogP contribution < -0.4 is 5.48 Å². The van der Waals surface area contributed by atoms with E-state index in [-0.39, 0.29) is 0 Å². The molecule has 0 radical (unpaired) electrons. The topological polar surface area (TPSA) is 21.3 Å². The summed E-state index contributed by atoms with van der Waals surface area (Å²) in [6, 6.07) is 0.428. The zero-order valence-corrected chi connectivity index (χ0v) is 7.99. The monoisotopic (exact) mass is 147 g/mol. The molecule has 0 fully saturated rings. The van der Waals surface area contributed by atoms with Crippen molar-refractivity contribution in [2.24, 2.45) is 0 Å².